The summed E-state index contributed by atoms with van der Waals surface area (Å²) in [5.41, 5.74) is 0. The smallest absolute Gasteiger partial charge is 0.190 e. The van der Waals surface area contributed by atoms with Gasteiger partial charge in [-0.15, -0.1) is 0 Å². The molecular weight excluding hydrogens is 224 g/mol. The van der Waals surface area contributed by atoms with E-state index in [1.54, 1.807) is 0 Å². The van der Waals surface area contributed by atoms with Crippen molar-refractivity contribution in [2.45, 2.75) is 39.5 Å². The minimum absolute atomic E-state index is 0.813. The van der Waals surface area contributed by atoms with Crippen LogP contribution in [-0.4, -0.2) is 51.6 Å². The molecule has 4 nitrogen and oxygen atoms in total. The molecular formula is C14H32N4. The monoisotopic (exact) mass is 256 g/mol. The molecule has 0 aromatic rings. The van der Waals surface area contributed by atoms with Crippen molar-refractivity contribution < 1.29 is 0 Å². The van der Waals surface area contributed by atoms with E-state index in [0.29, 0.717) is 0 Å². The van der Waals surface area contributed by atoms with Crippen LogP contribution in [0.1, 0.15) is 39.5 Å². The number of nitrogens with zero attached hydrogens (tertiary/aromatic N) is 2. The molecule has 0 heterocycles. The maximum atomic E-state index is 4.22. The van der Waals surface area contributed by atoms with Crippen molar-refractivity contribution >= 4 is 5.96 Å². The first-order valence-electron chi connectivity index (χ1n) is 7.15. The van der Waals surface area contributed by atoms with Crippen LogP contribution in [0.15, 0.2) is 4.99 Å². The van der Waals surface area contributed by atoms with Gasteiger partial charge in [0.25, 0.3) is 0 Å². The third-order valence-electron chi connectivity index (χ3n) is 2.80. The van der Waals surface area contributed by atoms with Crippen molar-refractivity contribution in [3.05, 3.63) is 0 Å². The highest BCUT2D eigenvalue weighted by atomic mass is 15.2. The highest BCUT2D eigenvalue weighted by molar-refractivity contribution is 5.79. The molecule has 0 saturated heterocycles. The molecule has 4 heteroatoms. The van der Waals surface area contributed by atoms with Crippen molar-refractivity contribution in [2.24, 2.45) is 10.9 Å². The fraction of sp³-hybridized carbons (Fsp3) is 0.929. The van der Waals surface area contributed by atoms with Gasteiger partial charge in [0, 0.05) is 20.1 Å². The van der Waals surface area contributed by atoms with Gasteiger partial charge in [-0.25, -0.2) is 0 Å². The maximum Gasteiger partial charge on any atom is 0.190 e. The lowest BCUT2D eigenvalue weighted by molar-refractivity contribution is 0.399. The van der Waals surface area contributed by atoms with E-state index in [1.165, 1.54) is 19.3 Å². The molecule has 0 atom stereocenters. The Labute approximate surface area is 113 Å². The second-order valence-electron chi connectivity index (χ2n) is 5.47. The number of rotatable bonds is 9. The first kappa shape index (κ1) is 17.2. The summed E-state index contributed by atoms with van der Waals surface area (Å²) >= 11 is 0. The molecule has 108 valence electrons. The molecule has 18 heavy (non-hydrogen) atoms. The number of guanidine groups is 1. The predicted octanol–water partition coefficient (Wildman–Crippen LogP) is 1.93. The molecule has 0 radical (unpaired) electrons. The van der Waals surface area contributed by atoms with Crippen LogP contribution in [0, 0.1) is 5.92 Å². The van der Waals surface area contributed by atoms with Crippen LogP contribution in [0.3, 0.4) is 0 Å². The highest BCUT2D eigenvalue weighted by Gasteiger charge is 1.98. The SMILES string of the molecule is CN=C(NCCCCC(C)C)NCCCN(C)C. The third kappa shape index (κ3) is 11.7. The summed E-state index contributed by atoms with van der Waals surface area (Å²) < 4.78 is 0. The topological polar surface area (TPSA) is 39.7 Å². The Morgan fingerprint density at radius 3 is 2.17 bits per heavy atom. The maximum absolute atomic E-state index is 4.22. The van der Waals surface area contributed by atoms with Gasteiger partial charge in [-0.3, -0.25) is 4.99 Å². The van der Waals surface area contributed by atoms with E-state index in [4.69, 9.17) is 0 Å². The lowest BCUT2D eigenvalue weighted by Gasteiger charge is -2.13. The van der Waals surface area contributed by atoms with Gasteiger partial charge >= 0.3 is 0 Å². The fourth-order valence-corrected chi connectivity index (χ4v) is 1.71. The van der Waals surface area contributed by atoms with Crippen LogP contribution in [0.5, 0.6) is 0 Å². The molecule has 0 rings (SSSR count). The van der Waals surface area contributed by atoms with Crippen LogP contribution in [-0.2, 0) is 0 Å². The summed E-state index contributed by atoms with van der Waals surface area (Å²) in [6, 6.07) is 0. The Kier molecular flexibility index (Phi) is 10.8. The summed E-state index contributed by atoms with van der Waals surface area (Å²) in [5, 5.41) is 6.69. The van der Waals surface area contributed by atoms with Crippen LogP contribution >= 0.6 is 0 Å². The van der Waals surface area contributed by atoms with Crippen LogP contribution in [0.4, 0.5) is 0 Å². The van der Waals surface area contributed by atoms with Crippen molar-refractivity contribution in [1.29, 1.82) is 0 Å². The molecule has 0 spiro atoms. The first-order chi connectivity index (χ1) is 8.56. The first-order valence-corrected chi connectivity index (χ1v) is 7.15. The molecule has 0 unspecified atom stereocenters. The van der Waals surface area contributed by atoms with E-state index in [-0.39, 0.29) is 0 Å². The third-order valence-corrected chi connectivity index (χ3v) is 2.80. The molecule has 0 aromatic heterocycles. The minimum atomic E-state index is 0.813. The van der Waals surface area contributed by atoms with Crippen molar-refractivity contribution in [3.63, 3.8) is 0 Å². The van der Waals surface area contributed by atoms with Crippen molar-refractivity contribution in [3.8, 4) is 0 Å². The summed E-state index contributed by atoms with van der Waals surface area (Å²) in [6.45, 7) is 7.65. The summed E-state index contributed by atoms with van der Waals surface area (Å²) in [4.78, 5) is 6.42. The molecule has 0 aliphatic rings. The zero-order valence-corrected chi connectivity index (χ0v) is 12.9. The fourth-order valence-electron chi connectivity index (χ4n) is 1.71. The number of nitrogens with one attached hydrogen (secondary N) is 2. The van der Waals surface area contributed by atoms with E-state index >= 15 is 0 Å². The summed E-state index contributed by atoms with van der Waals surface area (Å²) in [5.74, 6) is 1.74. The largest absolute Gasteiger partial charge is 0.356 e. The molecule has 0 aromatic carbocycles. The standard InChI is InChI=1S/C14H32N4/c1-13(2)9-6-7-10-16-14(15-3)17-11-8-12-18(4)5/h13H,6-12H2,1-5H3,(H2,15,16,17). The minimum Gasteiger partial charge on any atom is -0.356 e. The molecule has 0 saturated carbocycles. The normalized spacial score (nSPS) is 12.3. The molecule has 0 fully saturated rings. The highest BCUT2D eigenvalue weighted by Crippen LogP contribution is 2.04. The number of unbranched alkanes of at least 4 members (excludes halogenated alkanes) is 1. The van der Waals surface area contributed by atoms with Crippen molar-refractivity contribution in [1.82, 2.24) is 15.5 Å². The summed E-state index contributed by atoms with van der Waals surface area (Å²) in [7, 11) is 6.03. The van der Waals surface area contributed by atoms with Gasteiger partial charge in [-0.1, -0.05) is 26.7 Å². The average molecular weight is 256 g/mol. The van der Waals surface area contributed by atoms with Gasteiger partial charge in [0.05, 0.1) is 0 Å². The quantitative estimate of drug-likeness (QED) is 0.376. The van der Waals surface area contributed by atoms with Crippen LogP contribution in [0.25, 0.3) is 0 Å². The van der Waals surface area contributed by atoms with Gasteiger partial charge in [-0.05, 0) is 39.4 Å². The second-order valence-corrected chi connectivity index (χ2v) is 5.47. The second kappa shape index (κ2) is 11.3. The Morgan fingerprint density at radius 2 is 1.67 bits per heavy atom. The molecule has 0 aliphatic heterocycles. The number of hydrogen-bond acceptors (Lipinski definition) is 2. The van der Waals surface area contributed by atoms with Gasteiger partial charge in [0.15, 0.2) is 5.96 Å². The predicted molar refractivity (Wildman–Crippen MR) is 81.2 cm³/mol. The van der Waals surface area contributed by atoms with Gasteiger partial charge in [0.1, 0.15) is 0 Å². The lowest BCUT2D eigenvalue weighted by atomic mass is 10.1. The number of aliphatic imine (C=N–C) groups is 1. The Bertz CT molecular complexity index is 212. The summed E-state index contributed by atoms with van der Waals surface area (Å²) in [6.07, 6.45) is 4.97. The van der Waals surface area contributed by atoms with E-state index < -0.39 is 0 Å². The lowest BCUT2D eigenvalue weighted by Crippen LogP contribution is -2.38. The molecule has 0 bridgehead atoms. The molecule has 2 N–H and O–H groups in total. The van der Waals surface area contributed by atoms with Crippen LogP contribution in [0.2, 0.25) is 0 Å². The van der Waals surface area contributed by atoms with Crippen molar-refractivity contribution in [2.75, 3.05) is 40.8 Å². The molecule has 0 amide bonds. The molecule has 0 aliphatic carbocycles. The van der Waals surface area contributed by atoms with E-state index in [0.717, 1.165) is 37.9 Å². The van der Waals surface area contributed by atoms with Gasteiger partial charge in [-0.2, -0.15) is 0 Å². The van der Waals surface area contributed by atoms with E-state index in [2.05, 4.69) is 48.5 Å². The van der Waals surface area contributed by atoms with E-state index in [1.807, 2.05) is 7.05 Å². The van der Waals surface area contributed by atoms with E-state index in [9.17, 15) is 0 Å². The average Bonchev–Trinajstić information content (AvgIpc) is 2.30. The van der Waals surface area contributed by atoms with Gasteiger partial charge < -0.3 is 15.5 Å². The zero-order chi connectivity index (χ0) is 13.8. The van der Waals surface area contributed by atoms with Crippen LogP contribution < -0.4 is 10.6 Å². The number of hydrogen-bond donors (Lipinski definition) is 2. The van der Waals surface area contributed by atoms with Gasteiger partial charge in [0.2, 0.25) is 0 Å². The zero-order valence-electron chi connectivity index (χ0n) is 12.9. The Hall–Kier alpha value is -0.770. The Morgan fingerprint density at radius 1 is 1.06 bits per heavy atom. The Balaban J connectivity index is 3.48.